The molecule has 0 aliphatic rings. The van der Waals surface area contributed by atoms with Gasteiger partial charge in [-0.25, -0.2) is 0 Å². The molecule has 4 radical (unpaired) electrons. The molecule has 0 bridgehead atoms. The largest absolute Gasteiger partial charge is 2.00 e. The predicted octanol–water partition coefficient (Wildman–Crippen LogP) is 4.42. The van der Waals surface area contributed by atoms with E-state index in [1.165, 1.54) is 10.8 Å². The molecule has 3 nitrogen and oxygen atoms in total. The van der Waals surface area contributed by atoms with Gasteiger partial charge in [0.25, 0.3) is 0 Å². The average Bonchev–Trinajstić information content (AvgIpc) is 2.72. The summed E-state index contributed by atoms with van der Waals surface area (Å²) in [5.74, 6) is 0. The van der Waals surface area contributed by atoms with E-state index < -0.39 is 12.2 Å². The second kappa shape index (κ2) is 22.7. The summed E-state index contributed by atoms with van der Waals surface area (Å²) in [5, 5.41) is 21.7. The standard InChI is InChI=1S/C9H7.C4H10N.2C3H7O.2CH3.Si.Ti/c1-2-5-9-7-3-6-8(9)4-1;1-4(2,3)5;2*1-3(2)4;;;;/h1-7H;5H,1-3H3;2*3H,1-2H3;2*1H3;;/q6*-1;;+2. The minimum Gasteiger partial charge on any atom is -0.852 e. The van der Waals surface area contributed by atoms with Gasteiger partial charge in [-0.15, -0.1) is 47.4 Å². The minimum atomic E-state index is -0.417. The summed E-state index contributed by atoms with van der Waals surface area (Å²) in [6.45, 7) is 12.0. The van der Waals surface area contributed by atoms with Crippen LogP contribution in [0.1, 0.15) is 48.5 Å². The smallest absolute Gasteiger partial charge is 0.852 e. The van der Waals surface area contributed by atoms with E-state index in [0.29, 0.717) is 0 Å². The van der Waals surface area contributed by atoms with Crippen LogP contribution >= 0.6 is 0 Å². The molecule has 0 spiro atoms. The van der Waals surface area contributed by atoms with E-state index in [9.17, 15) is 10.2 Å². The number of rotatable bonds is 0. The van der Waals surface area contributed by atoms with Crippen LogP contribution in [0.3, 0.4) is 0 Å². The van der Waals surface area contributed by atoms with Crippen LogP contribution in [0.15, 0.2) is 42.5 Å². The van der Waals surface area contributed by atoms with Gasteiger partial charge in [-0.2, -0.15) is 17.5 Å². The Labute approximate surface area is 182 Å². The quantitative estimate of drug-likeness (QED) is 0.475. The molecule has 0 saturated carbocycles. The average molecular weight is 411 g/mol. The Morgan fingerprint density at radius 2 is 1.19 bits per heavy atom. The maximum Gasteiger partial charge on any atom is 2.00 e. The molecule has 26 heavy (non-hydrogen) atoms. The van der Waals surface area contributed by atoms with Crippen molar-refractivity contribution >= 4 is 21.7 Å². The van der Waals surface area contributed by atoms with Gasteiger partial charge in [0.1, 0.15) is 0 Å². The van der Waals surface area contributed by atoms with Crippen molar-refractivity contribution in [1.82, 2.24) is 0 Å². The fraction of sp³-hybridized carbons (Fsp3) is 0.476. The zero-order valence-corrected chi connectivity index (χ0v) is 20.6. The van der Waals surface area contributed by atoms with Crippen LogP contribution in [0.2, 0.25) is 0 Å². The summed E-state index contributed by atoms with van der Waals surface area (Å²) in [6.07, 6.45) is -0.833. The molecule has 0 saturated heterocycles. The van der Waals surface area contributed by atoms with Crippen LogP contribution in [-0.2, 0) is 21.7 Å². The van der Waals surface area contributed by atoms with Gasteiger partial charge in [0.2, 0.25) is 0 Å². The van der Waals surface area contributed by atoms with Crippen molar-refractivity contribution in [2.24, 2.45) is 0 Å². The van der Waals surface area contributed by atoms with Gasteiger partial charge in [-0.1, -0.05) is 54.5 Å². The van der Waals surface area contributed by atoms with Gasteiger partial charge in [-0.05, 0) is 0 Å². The first-order valence-corrected chi connectivity index (χ1v) is 7.60. The number of fused-ring (bicyclic) bond motifs is 1. The van der Waals surface area contributed by atoms with E-state index >= 15 is 0 Å². The Morgan fingerprint density at radius 1 is 0.885 bits per heavy atom. The zero-order valence-electron chi connectivity index (χ0n) is 18.0. The van der Waals surface area contributed by atoms with Crippen LogP contribution in [-0.4, -0.2) is 28.7 Å². The number of hydrogen-bond acceptors (Lipinski definition) is 2. The molecule has 0 atom stereocenters. The first-order chi connectivity index (χ1) is 9.93. The van der Waals surface area contributed by atoms with Crippen molar-refractivity contribution < 1.29 is 31.9 Å². The van der Waals surface area contributed by atoms with Crippen LogP contribution in [0.25, 0.3) is 16.5 Å². The van der Waals surface area contributed by atoms with Gasteiger partial charge in [0, 0.05) is 11.0 Å². The molecule has 0 aliphatic carbocycles. The fourth-order valence-corrected chi connectivity index (χ4v) is 1.07. The second-order valence-electron chi connectivity index (χ2n) is 6.50. The fourth-order valence-electron chi connectivity index (χ4n) is 1.07. The van der Waals surface area contributed by atoms with Crippen molar-refractivity contribution in [3.63, 3.8) is 0 Å². The van der Waals surface area contributed by atoms with Crippen LogP contribution in [0.5, 0.6) is 0 Å². The Bertz CT molecular complexity index is 432. The maximum atomic E-state index is 9.53. The normalized spacial score (nSPS) is 8.62. The van der Waals surface area contributed by atoms with Crippen molar-refractivity contribution in [1.29, 1.82) is 0 Å². The van der Waals surface area contributed by atoms with E-state index in [1.54, 1.807) is 27.7 Å². The van der Waals surface area contributed by atoms with Crippen LogP contribution in [0, 0.1) is 14.9 Å². The Balaban J connectivity index is -0.0000000526. The van der Waals surface area contributed by atoms with E-state index in [0.717, 1.165) is 0 Å². The van der Waals surface area contributed by atoms with Crippen LogP contribution < -0.4 is 10.2 Å². The molecular formula is C21H37NO2SiTi-4. The molecule has 2 aromatic rings. The van der Waals surface area contributed by atoms with Gasteiger partial charge in [0.05, 0.1) is 0 Å². The molecule has 2 aromatic carbocycles. The summed E-state index contributed by atoms with van der Waals surface area (Å²) in [5.41, 5.74) is 6.69. The SMILES string of the molecule is CC(C)(C)[NH-].CC(C)[O-].CC(C)[O-].[CH3-].[CH3-].[Si].[Ti+2].c1ccc2[cH-]ccc2c1. The van der Waals surface area contributed by atoms with Crippen molar-refractivity contribution in [3.8, 4) is 0 Å². The molecule has 0 unspecified atom stereocenters. The second-order valence-corrected chi connectivity index (χ2v) is 6.50. The molecule has 0 amide bonds. The molecule has 0 fully saturated rings. The van der Waals surface area contributed by atoms with Crippen molar-refractivity contribution in [3.05, 3.63) is 63.1 Å². The molecule has 0 aromatic heterocycles. The van der Waals surface area contributed by atoms with Gasteiger partial charge in [-0.3, -0.25) is 0 Å². The molecule has 1 N–H and O–H groups in total. The molecular weight excluding hydrogens is 374 g/mol. The Morgan fingerprint density at radius 3 is 1.50 bits per heavy atom. The van der Waals surface area contributed by atoms with Gasteiger partial charge >= 0.3 is 21.7 Å². The van der Waals surface area contributed by atoms with E-state index in [4.69, 9.17) is 5.73 Å². The minimum absolute atomic E-state index is 0. The van der Waals surface area contributed by atoms with Crippen molar-refractivity contribution in [2.75, 3.05) is 0 Å². The molecule has 150 valence electrons. The first-order valence-electron chi connectivity index (χ1n) is 7.60. The van der Waals surface area contributed by atoms with Gasteiger partial charge < -0.3 is 30.8 Å². The number of benzene rings is 1. The Hall–Kier alpha value is -0.359. The molecule has 0 aliphatic heterocycles. The third-order valence-electron chi connectivity index (χ3n) is 1.55. The predicted molar refractivity (Wildman–Crippen MR) is 112 cm³/mol. The van der Waals surface area contributed by atoms with E-state index in [-0.39, 0.29) is 53.1 Å². The van der Waals surface area contributed by atoms with Crippen LogP contribution in [0.4, 0.5) is 0 Å². The van der Waals surface area contributed by atoms with Gasteiger partial charge in [0.15, 0.2) is 0 Å². The summed E-state index contributed by atoms with van der Waals surface area (Å²) in [6, 6.07) is 14.7. The number of hydrogen-bond donors (Lipinski definition) is 0. The topological polar surface area (TPSA) is 69.9 Å². The Kier molecular flexibility index (Phi) is 35.2. The zero-order chi connectivity index (χ0) is 17.8. The number of nitrogens with one attached hydrogen (secondary N) is 1. The van der Waals surface area contributed by atoms with E-state index in [2.05, 4.69) is 42.5 Å². The summed E-state index contributed by atoms with van der Waals surface area (Å²) >= 11 is 0. The molecule has 5 heteroatoms. The van der Waals surface area contributed by atoms with E-state index in [1.807, 2.05) is 20.8 Å². The first kappa shape index (κ1) is 40.4. The third kappa shape index (κ3) is 43.8. The van der Waals surface area contributed by atoms with Crippen molar-refractivity contribution in [2.45, 2.75) is 66.2 Å². The maximum absolute atomic E-state index is 9.53. The summed E-state index contributed by atoms with van der Waals surface area (Å²) in [4.78, 5) is 0. The summed E-state index contributed by atoms with van der Waals surface area (Å²) in [7, 11) is 0. The summed E-state index contributed by atoms with van der Waals surface area (Å²) < 4.78 is 0. The molecule has 0 heterocycles. The molecule has 2 rings (SSSR count). The third-order valence-corrected chi connectivity index (χ3v) is 1.55. The monoisotopic (exact) mass is 411 g/mol.